The van der Waals surface area contributed by atoms with Crippen molar-refractivity contribution in [2.45, 2.75) is 25.8 Å². The summed E-state index contributed by atoms with van der Waals surface area (Å²) in [6, 6.07) is 2.38. The average Bonchev–Trinajstić information content (AvgIpc) is 2.87. The molecule has 10 heteroatoms. The number of benzene rings is 1. The molecule has 0 saturated heterocycles. The monoisotopic (exact) mass is 426 g/mol. The van der Waals surface area contributed by atoms with Crippen LogP contribution < -0.4 is 0 Å². The second-order valence-electron chi connectivity index (χ2n) is 5.51. The largest absolute Gasteiger partial charge is 0.282 e. The summed E-state index contributed by atoms with van der Waals surface area (Å²) in [7, 11) is 2.53. The highest BCUT2D eigenvalue weighted by Gasteiger charge is 2.30. The van der Waals surface area contributed by atoms with Gasteiger partial charge in [0.2, 0.25) is 0 Å². The SMILES string of the molecule is [2H]c1c(C(=O)N(OC)C(C)Cc2c(Cl)cc(Cl)cc2Cl)c(C(F)F)nn1C. The Bertz CT molecular complexity index is 841. The van der Waals surface area contributed by atoms with E-state index in [4.69, 9.17) is 41.0 Å². The number of alkyl halides is 2. The lowest BCUT2D eigenvalue weighted by molar-refractivity contribution is -0.119. The second kappa shape index (κ2) is 8.52. The third-order valence-electron chi connectivity index (χ3n) is 3.61. The zero-order valence-corrected chi connectivity index (χ0v) is 16.3. The molecule has 0 bridgehead atoms. The van der Waals surface area contributed by atoms with E-state index < -0.39 is 35.8 Å². The summed E-state index contributed by atoms with van der Waals surface area (Å²) in [6.45, 7) is 1.63. The van der Waals surface area contributed by atoms with Gasteiger partial charge in [-0.25, -0.2) is 13.8 Å². The van der Waals surface area contributed by atoms with Gasteiger partial charge in [-0.05, 0) is 31.0 Å². The van der Waals surface area contributed by atoms with Gasteiger partial charge in [-0.2, -0.15) is 5.10 Å². The highest BCUT2D eigenvalue weighted by molar-refractivity contribution is 6.39. The smallest absolute Gasteiger partial charge is 0.275 e. The fraction of sp³-hybridized carbons (Fsp3) is 0.375. The molecule has 5 nitrogen and oxygen atoms in total. The normalized spacial score (nSPS) is 13.0. The summed E-state index contributed by atoms with van der Waals surface area (Å²) in [5.74, 6) is -0.903. The number of rotatable bonds is 6. The van der Waals surface area contributed by atoms with Crippen molar-refractivity contribution in [3.63, 3.8) is 0 Å². The lowest BCUT2D eigenvalue weighted by Crippen LogP contribution is -2.39. The first-order valence-corrected chi connectivity index (χ1v) is 8.54. The van der Waals surface area contributed by atoms with Crippen LogP contribution in [-0.4, -0.2) is 33.9 Å². The Morgan fingerprint density at radius 1 is 1.38 bits per heavy atom. The second-order valence-corrected chi connectivity index (χ2v) is 6.76. The minimum Gasteiger partial charge on any atom is -0.275 e. The van der Waals surface area contributed by atoms with Gasteiger partial charge in [0.25, 0.3) is 12.3 Å². The first kappa shape index (κ1) is 19.4. The maximum Gasteiger partial charge on any atom is 0.282 e. The third kappa shape index (κ3) is 4.46. The number of hydrogen-bond donors (Lipinski definition) is 0. The molecule has 1 aromatic heterocycles. The van der Waals surface area contributed by atoms with Crippen LogP contribution in [0.1, 0.15) is 36.3 Å². The molecule has 0 spiro atoms. The highest BCUT2D eigenvalue weighted by atomic mass is 35.5. The van der Waals surface area contributed by atoms with E-state index in [2.05, 4.69) is 5.10 Å². The van der Waals surface area contributed by atoms with Crippen LogP contribution in [0.4, 0.5) is 8.78 Å². The van der Waals surface area contributed by atoms with Crippen molar-refractivity contribution in [2.24, 2.45) is 7.05 Å². The van der Waals surface area contributed by atoms with Crippen molar-refractivity contribution < 1.29 is 19.8 Å². The Kier molecular flexibility index (Phi) is 6.34. The van der Waals surface area contributed by atoms with Gasteiger partial charge >= 0.3 is 0 Å². The average molecular weight is 428 g/mol. The minimum atomic E-state index is -3.01. The van der Waals surface area contributed by atoms with Crippen molar-refractivity contribution in [2.75, 3.05) is 7.11 Å². The Balaban J connectivity index is 2.36. The molecular formula is C16H16Cl3F2N3O2. The molecule has 1 heterocycles. The molecule has 0 fully saturated rings. The quantitative estimate of drug-likeness (QED) is 0.613. The molecule has 2 rings (SSSR count). The van der Waals surface area contributed by atoms with Crippen LogP contribution in [0.5, 0.6) is 0 Å². The molecule has 0 aliphatic heterocycles. The summed E-state index contributed by atoms with van der Waals surface area (Å²) >= 11 is 18.2. The van der Waals surface area contributed by atoms with Gasteiger partial charge in [0.05, 0.1) is 20.1 Å². The minimum absolute atomic E-state index is 0.173. The van der Waals surface area contributed by atoms with Crippen LogP contribution in [0, 0.1) is 0 Å². The lowest BCUT2D eigenvalue weighted by atomic mass is 10.1. The maximum absolute atomic E-state index is 13.2. The Morgan fingerprint density at radius 3 is 2.46 bits per heavy atom. The fourth-order valence-corrected chi connectivity index (χ4v) is 3.46. The van der Waals surface area contributed by atoms with E-state index in [1.165, 1.54) is 26.3 Å². The summed E-state index contributed by atoms with van der Waals surface area (Å²) in [6.07, 6.45) is -3.28. The Morgan fingerprint density at radius 2 is 1.96 bits per heavy atom. The van der Waals surface area contributed by atoms with Crippen molar-refractivity contribution in [1.82, 2.24) is 14.8 Å². The van der Waals surface area contributed by atoms with Gasteiger partial charge in [-0.3, -0.25) is 14.3 Å². The molecule has 0 radical (unpaired) electrons. The number of nitrogens with zero attached hydrogens (tertiary/aromatic N) is 3. The predicted molar refractivity (Wildman–Crippen MR) is 96.0 cm³/mol. The van der Waals surface area contributed by atoms with Crippen molar-refractivity contribution in [3.05, 3.63) is 50.2 Å². The number of aromatic nitrogens is 2. The molecule has 2 aromatic rings. The van der Waals surface area contributed by atoms with Crippen LogP contribution in [0.15, 0.2) is 18.3 Å². The number of amides is 1. The number of carbonyl (C=O) groups is 1. The van der Waals surface area contributed by atoms with E-state index in [1.54, 1.807) is 6.92 Å². The summed E-state index contributed by atoms with van der Waals surface area (Å²) < 4.78 is 35.2. The van der Waals surface area contributed by atoms with E-state index in [-0.39, 0.29) is 6.42 Å². The topological polar surface area (TPSA) is 47.4 Å². The standard InChI is InChI=1S/C16H16Cl3F2N3O2/c1-8(4-10-12(18)5-9(17)6-13(10)19)24(26-3)16(25)11-7-23(2)22-14(11)15(20)21/h5-8,15H,4H2,1-3H3/i7D. The van der Waals surface area contributed by atoms with Crippen LogP contribution in [0.2, 0.25) is 15.1 Å². The number of hydroxylamine groups is 2. The zero-order valence-electron chi connectivity index (χ0n) is 15.1. The van der Waals surface area contributed by atoms with Gasteiger partial charge in [-0.15, -0.1) is 0 Å². The van der Waals surface area contributed by atoms with Gasteiger partial charge in [-0.1, -0.05) is 34.8 Å². The molecule has 142 valence electrons. The van der Waals surface area contributed by atoms with E-state index in [0.29, 0.717) is 20.6 Å². The molecule has 1 aromatic carbocycles. The first-order chi connectivity index (χ1) is 12.6. The number of halogens is 5. The maximum atomic E-state index is 13.2. The summed E-state index contributed by atoms with van der Waals surface area (Å²) in [4.78, 5) is 17.9. The Hall–Kier alpha value is -1.41. The van der Waals surface area contributed by atoms with E-state index >= 15 is 0 Å². The summed E-state index contributed by atoms with van der Waals surface area (Å²) in [5.41, 5.74) is -0.768. The van der Waals surface area contributed by atoms with E-state index in [0.717, 1.165) is 9.75 Å². The fourth-order valence-electron chi connectivity index (χ4n) is 2.48. The number of aryl methyl sites for hydroxylation is 1. The molecule has 0 saturated carbocycles. The van der Waals surface area contributed by atoms with Gasteiger partial charge in [0, 0.05) is 28.3 Å². The highest BCUT2D eigenvalue weighted by Crippen LogP contribution is 2.31. The van der Waals surface area contributed by atoms with Gasteiger partial charge in [0.1, 0.15) is 5.69 Å². The molecule has 1 amide bonds. The number of hydrogen-bond acceptors (Lipinski definition) is 3. The molecule has 1 unspecified atom stereocenters. The molecule has 1 atom stereocenters. The van der Waals surface area contributed by atoms with Crippen molar-refractivity contribution >= 4 is 40.7 Å². The zero-order chi connectivity index (χ0) is 20.5. The predicted octanol–water partition coefficient (Wildman–Crippen LogP) is 4.95. The molecular weight excluding hydrogens is 411 g/mol. The lowest BCUT2D eigenvalue weighted by Gasteiger charge is -2.27. The van der Waals surface area contributed by atoms with Crippen molar-refractivity contribution in [3.8, 4) is 0 Å². The third-order valence-corrected chi connectivity index (χ3v) is 4.50. The Labute approximate surface area is 165 Å². The van der Waals surface area contributed by atoms with Crippen LogP contribution in [-0.2, 0) is 18.3 Å². The van der Waals surface area contributed by atoms with Crippen LogP contribution in [0.3, 0.4) is 0 Å². The van der Waals surface area contributed by atoms with E-state index in [1.807, 2.05) is 0 Å². The molecule has 0 aliphatic carbocycles. The van der Waals surface area contributed by atoms with E-state index in [9.17, 15) is 13.6 Å². The van der Waals surface area contributed by atoms with Crippen LogP contribution in [0.25, 0.3) is 0 Å². The molecule has 26 heavy (non-hydrogen) atoms. The molecule has 0 aliphatic rings. The van der Waals surface area contributed by atoms with Gasteiger partial charge < -0.3 is 0 Å². The molecule has 0 N–H and O–H groups in total. The van der Waals surface area contributed by atoms with Crippen molar-refractivity contribution in [1.29, 1.82) is 0 Å². The first-order valence-electron chi connectivity index (χ1n) is 7.91. The van der Waals surface area contributed by atoms with Crippen LogP contribution >= 0.6 is 34.8 Å². The summed E-state index contributed by atoms with van der Waals surface area (Å²) in [5, 5.41) is 5.41. The number of carbonyl (C=O) groups excluding carboxylic acids is 1. The van der Waals surface area contributed by atoms with Gasteiger partial charge in [0.15, 0.2) is 0 Å².